The Hall–Kier alpha value is -1.26. The van der Waals surface area contributed by atoms with E-state index in [1.54, 1.807) is 13.2 Å². The Balaban J connectivity index is 2.09. The summed E-state index contributed by atoms with van der Waals surface area (Å²) >= 11 is 6.21. The molecule has 4 nitrogen and oxygen atoms in total. The van der Waals surface area contributed by atoms with Crippen molar-refractivity contribution in [1.82, 2.24) is 4.90 Å². The Kier molecular flexibility index (Phi) is 5.48. The van der Waals surface area contributed by atoms with Crippen molar-refractivity contribution in [2.24, 2.45) is 5.73 Å². The van der Waals surface area contributed by atoms with Crippen molar-refractivity contribution in [1.29, 1.82) is 0 Å². The van der Waals surface area contributed by atoms with E-state index in [9.17, 15) is 4.79 Å². The number of likely N-dealkylation sites (tertiary alicyclic amines) is 1. The molecule has 0 spiro atoms. The molecule has 0 aromatic heterocycles. The molecule has 1 saturated heterocycles. The van der Waals surface area contributed by atoms with Crippen molar-refractivity contribution < 1.29 is 9.53 Å². The van der Waals surface area contributed by atoms with Crippen LogP contribution in [0.25, 0.3) is 0 Å². The number of carbonyl (C=O) groups is 1. The van der Waals surface area contributed by atoms with E-state index < -0.39 is 0 Å². The summed E-state index contributed by atoms with van der Waals surface area (Å²) in [6.45, 7) is 2.76. The highest BCUT2D eigenvalue weighted by Gasteiger charge is 2.29. The third kappa shape index (κ3) is 3.89. The standard InChI is InChI=1S/C16H23ClN2O2/c1-11(18)15-5-3-4-8-19(15)16(20)9-12-6-7-13(21-2)10-14(12)17/h6-7,10-11,15H,3-5,8-9,18H2,1-2H3/t11-,15-/m1/s1. The van der Waals surface area contributed by atoms with E-state index in [0.29, 0.717) is 17.2 Å². The summed E-state index contributed by atoms with van der Waals surface area (Å²) in [7, 11) is 1.59. The topological polar surface area (TPSA) is 55.6 Å². The molecule has 0 aliphatic carbocycles. The summed E-state index contributed by atoms with van der Waals surface area (Å²) in [6.07, 6.45) is 3.48. The number of carbonyl (C=O) groups excluding carboxylic acids is 1. The highest BCUT2D eigenvalue weighted by atomic mass is 35.5. The molecule has 1 aliphatic rings. The average Bonchev–Trinajstić information content (AvgIpc) is 2.49. The van der Waals surface area contributed by atoms with Crippen LogP contribution in [0.1, 0.15) is 31.7 Å². The number of nitrogens with two attached hydrogens (primary N) is 1. The molecule has 1 fully saturated rings. The molecule has 1 aliphatic heterocycles. The first kappa shape index (κ1) is 16.1. The molecule has 0 bridgehead atoms. The largest absolute Gasteiger partial charge is 0.497 e. The molecule has 116 valence electrons. The van der Waals surface area contributed by atoms with E-state index in [2.05, 4.69) is 0 Å². The number of rotatable bonds is 4. The minimum atomic E-state index is 0.000546. The van der Waals surface area contributed by atoms with E-state index in [1.165, 1.54) is 0 Å². The van der Waals surface area contributed by atoms with Crippen LogP contribution in [0.2, 0.25) is 5.02 Å². The van der Waals surface area contributed by atoms with Gasteiger partial charge in [-0.1, -0.05) is 17.7 Å². The molecule has 21 heavy (non-hydrogen) atoms. The first-order chi connectivity index (χ1) is 10.0. The van der Waals surface area contributed by atoms with Crippen LogP contribution in [-0.2, 0) is 11.2 Å². The van der Waals surface area contributed by atoms with Crippen molar-refractivity contribution >= 4 is 17.5 Å². The van der Waals surface area contributed by atoms with Gasteiger partial charge in [0.25, 0.3) is 0 Å². The number of amides is 1. The van der Waals surface area contributed by atoms with Gasteiger partial charge in [-0.15, -0.1) is 0 Å². The highest BCUT2D eigenvalue weighted by molar-refractivity contribution is 6.31. The van der Waals surface area contributed by atoms with Gasteiger partial charge in [0.15, 0.2) is 0 Å². The monoisotopic (exact) mass is 310 g/mol. The van der Waals surface area contributed by atoms with Crippen LogP contribution in [0.5, 0.6) is 5.75 Å². The molecule has 0 unspecified atom stereocenters. The predicted octanol–water partition coefficient (Wildman–Crippen LogP) is 2.62. The van der Waals surface area contributed by atoms with Gasteiger partial charge in [0.05, 0.1) is 13.5 Å². The minimum absolute atomic E-state index is 0.000546. The van der Waals surface area contributed by atoms with Crippen LogP contribution in [-0.4, -0.2) is 36.5 Å². The van der Waals surface area contributed by atoms with Crippen molar-refractivity contribution in [3.05, 3.63) is 28.8 Å². The number of hydrogen-bond donors (Lipinski definition) is 1. The van der Waals surface area contributed by atoms with Gasteiger partial charge in [0.2, 0.25) is 5.91 Å². The number of nitrogens with zero attached hydrogens (tertiary/aromatic N) is 1. The summed E-state index contributed by atoms with van der Waals surface area (Å²) in [5.74, 6) is 0.798. The lowest BCUT2D eigenvalue weighted by Gasteiger charge is -2.38. The van der Waals surface area contributed by atoms with Crippen molar-refractivity contribution in [2.45, 2.75) is 44.7 Å². The van der Waals surface area contributed by atoms with Gasteiger partial charge >= 0.3 is 0 Å². The van der Waals surface area contributed by atoms with Crippen LogP contribution in [0.15, 0.2) is 18.2 Å². The molecular formula is C16H23ClN2O2. The SMILES string of the molecule is COc1ccc(CC(=O)N2CCCC[C@@H]2[C@@H](C)N)c(Cl)c1. The molecule has 1 aromatic carbocycles. The summed E-state index contributed by atoms with van der Waals surface area (Å²) in [6, 6.07) is 5.56. The lowest BCUT2D eigenvalue weighted by atomic mass is 9.96. The zero-order valence-corrected chi connectivity index (χ0v) is 13.4. The number of ether oxygens (including phenoxy) is 1. The molecule has 1 amide bonds. The zero-order chi connectivity index (χ0) is 15.4. The van der Waals surface area contributed by atoms with E-state index >= 15 is 0 Å². The minimum Gasteiger partial charge on any atom is -0.497 e. The fraction of sp³-hybridized carbons (Fsp3) is 0.562. The van der Waals surface area contributed by atoms with Crippen LogP contribution in [0, 0.1) is 0 Å². The molecule has 2 atom stereocenters. The molecule has 2 N–H and O–H groups in total. The maximum Gasteiger partial charge on any atom is 0.227 e. The van der Waals surface area contributed by atoms with Gasteiger partial charge in [-0.25, -0.2) is 0 Å². The lowest BCUT2D eigenvalue weighted by Crippen LogP contribution is -2.52. The highest BCUT2D eigenvalue weighted by Crippen LogP contribution is 2.25. The fourth-order valence-corrected chi connectivity index (χ4v) is 3.11. The fourth-order valence-electron chi connectivity index (χ4n) is 2.88. The summed E-state index contributed by atoms with van der Waals surface area (Å²) < 4.78 is 5.12. The Morgan fingerprint density at radius 1 is 1.52 bits per heavy atom. The molecule has 1 aromatic rings. The Morgan fingerprint density at radius 3 is 2.90 bits per heavy atom. The lowest BCUT2D eigenvalue weighted by molar-refractivity contribution is -0.134. The average molecular weight is 311 g/mol. The normalized spacial score (nSPS) is 20.2. The summed E-state index contributed by atoms with van der Waals surface area (Å²) in [5, 5.41) is 0.567. The molecule has 5 heteroatoms. The Morgan fingerprint density at radius 2 is 2.29 bits per heavy atom. The number of methoxy groups -OCH3 is 1. The second-order valence-corrected chi connectivity index (χ2v) is 6.05. The van der Waals surface area contributed by atoms with Crippen LogP contribution >= 0.6 is 11.6 Å². The third-order valence-electron chi connectivity index (χ3n) is 4.08. The maximum atomic E-state index is 12.6. The van der Waals surface area contributed by atoms with Crippen molar-refractivity contribution in [2.75, 3.05) is 13.7 Å². The molecule has 0 saturated carbocycles. The smallest absolute Gasteiger partial charge is 0.227 e. The number of benzene rings is 1. The van der Waals surface area contributed by atoms with Gasteiger partial charge in [-0.2, -0.15) is 0 Å². The second-order valence-electron chi connectivity index (χ2n) is 5.64. The Bertz CT molecular complexity index is 505. The van der Waals surface area contributed by atoms with Gasteiger partial charge in [-0.05, 0) is 43.9 Å². The zero-order valence-electron chi connectivity index (χ0n) is 12.6. The maximum absolute atomic E-state index is 12.6. The summed E-state index contributed by atoms with van der Waals surface area (Å²) in [5.41, 5.74) is 6.85. The van der Waals surface area contributed by atoms with E-state index in [1.807, 2.05) is 24.0 Å². The van der Waals surface area contributed by atoms with Crippen LogP contribution in [0.4, 0.5) is 0 Å². The second kappa shape index (κ2) is 7.14. The summed E-state index contributed by atoms with van der Waals surface area (Å²) in [4.78, 5) is 14.5. The Labute approximate surface area is 131 Å². The number of hydrogen-bond acceptors (Lipinski definition) is 3. The third-order valence-corrected chi connectivity index (χ3v) is 4.43. The van der Waals surface area contributed by atoms with Gasteiger partial charge < -0.3 is 15.4 Å². The molecular weight excluding hydrogens is 288 g/mol. The van der Waals surface area contributed by atoms with Crippen molar-refractivity contribution in [3.63, 3.8) is 0 Å². The quantitative estimate of drug-likeness (QED) is 0.930. The van der Waals surface area contributed by atoms with Crippen LogP contribution < -0.4 is 10.5 Å². The van der Waals surface area contributed by atoms with Crippen LogP contribution in [0.3, 0.4) is 0 Å². The molecule has 0 radical (unpaired) electrons. The van der Waals surface area contributed by atoms with Gasteiger partial charge in [0.1, 0.15) is 5.75 Å². The first-order valence-corrected chi connectivity index (χ1v) is 7.78. The molecule has 2 rings (SSSR count). The number of halogens is 1. The van der Waals surface area contributed by atoms with E-state index in [-0.39, 0.29) is 18.0 Å². The van der Waals surface area contributed by atoms with E-state index in [4.69, 9.17) is 22.1 Å². The van der Waals surface area contributed by atoms with Gasteiger partial charge in [0, 0.05) is 23.7 Å². The van der Waals surface area contributed by atoms with Gasteiger partial charge in [-0.3, -0.25) is 4.79 Å². The van der Waals surface area contributed by atoms with E-state index in [0.717, 1.165) is 31.4 Å². The number of piperidine rings is 1. The van der Waals surface area contributed by atoms with Crippen molar-refractivity contribution in [3.8, 4) is 5.75 Å². The first-order valence-electron chi connectivity index (χ1n) is 7.40. The predicted molar refractivity (Wildman–Crippen MR) is 84.7 cm³/mol. The molecule has 1 heterocycles.